The third-order valence-electron chi connectivity index (χ3n) is 3.64. The molecule has 7 heteroatoms. The molecule has 3 heterocycles. The molecule has 0 bridgehead atoms. The fourth-order valence-electron chi connectivity index (χ4n) is 2.55. The van der Waals surface area contributed by atoms with Crippen molar-refractivity contribution in [3.8, 4) is 6.01 Å². The molecular formula is C15H18N4O2S. The van der Waals surface area contributed by atoms with E-state index in [2.05, 4.69) is 15.0 Å². The number of hydrogen-bond acceptors (Lipinski definition) is 6. The minimum absolute atomic E-state index is 0.0655. The van der Waals surface area contributed by atoms with E-state index in [0.717, 1.165) is 28.4 Å². The molecule has 1 aliphatic rings. The Morgan fingerprint density at radius 3 is 2.55 bits per heavy atom. The number of carbonyl (C=O) groups excluding carboxylic acids is 1. The maximum atomic E-state index is 12.5. The zero-order valence-corrected chi connectivity index (χ0v) is 13.5. The number of amides is 1. The van der Waals surface area contributed by atoms with Crippen molar-refractivity contribution in [3.05, 3.63) is 34.0 Å². The van der Waals surface area contributed by atoms with Crippen molar-refractivity contribution in [1.82, 2.24) is 19.9 Å². The molecule has 6 nitrogen and oxygen atoms in total. The molecule has 1 saturated heterocycles. The van der Waals surface area contributed by atoms with Gasteiger partial charge in [0.1, 0.15) is 11.0 Å². The molecule has 22 heavy (non-hydrogen) atoms. The number of carbonyl (C=O) groups is 1. The number of nitrogens with zero attached hydrogens (tertiary/aromatic N) is 4. The van der Waals surface area contributed by atoms with E-state index < -0.39 is 0 Å². The van der Waals surface area contributed by atoms with E-state index in [1.165, 1.54) is 11.3 Å². The standard InChI is InChI=1S/C15H18N4O2S/c1-10-13(22-11(2)18-10)14(20)19-8-4-12(5-9-19)21-15-16-6-3-7-17-15/h3,6-7,12H,4-5,8-9H2,1-2H3. The summed E-state index contributed by atoms with van der Waals surface area (Å²) in [6.45, 7) is 5.19. The summed E-state index contributed by atoms with van der Waals surface area (Å²) in [5, 5.41) is 0.931. The maximum absolute atomic E-state index is 12.5. The van der Waals surface area contributed by atoms with E-state index in [1.54, 1.807) is 18.5 Å². The van der Waals surface area contributed by atoms with Gasteiger partial charge in [0.25, 0.3) is 5.91 Å². The Morgan fingerprint density at radius 2 is 1.95 bits per heavy atom. The van der Waals surface area contributed by atoms with Crippen LogP contribution in [0.5, 0.6) is 6.01 Å². The summed E-state index contributed by atoms with van der Waals surface area (Å²) in [6, 6.07) is 2.16. The second-order valence-electron chi connectivity index (χ2n) is 5.29. The van der Waals surface area contributed by atoms with Crippen LogP contribution in [0.4, 0.5) is 0 Å². The first kappa shape index (κ1) is 14.9. The first-order valence-electron chi connectivity index (χ1n) is 7.30. The number of thiazole rings is 1. The largest absolute Gasteiger partial charge is 0.460 e. The Hall–Kier alpha value is -2.02. The quantitative estimate of drug-likeness (QED) is 0.868. The zero-order chi connectivity index (χ0) is 15.5. The Kier molecular flexibility index (Phi) is 4.33. The van der Waals surface area contributed by atoms with Gasteiger partial charge in [-0.25, -0.2) is 15.0 Å². The second kappa shape index (κ2) is 6.39. The first-order valence-corrected chi connectivity index (χ1v) is 8.12. The molecule has 0 radical (unpaired) electrons. The Labute approximate surface area is 133 Å². The summed E-state index contributed by atoms with van der Waals surface area (Å²) in [6.07, 6.45) is 4.98. The van der Waals surface area contributed by atoms with Gasteiger partial charge in [0.2, 0.25) is 0 Å². The normalized spacial score (nSPS) is 15.8. The first-order chi connectivity index (χ1) is 10.6. The molecule has 0 unspecified atom stereocenters. The predicted molar refractivity (Wildman–Crippen MR) is 83.2 cm³/mol. The molecule has 1 aliphatic heterocycles. The van der Waals surface area contributed by atoms with Crippen LogP contribution in [0.25, 0.3) is 0 Å². The van der Waals surface area contributed by atoms with Crippen LogP contribution in [0.1, 0.15) is 33.2 Å². The number of ether oxygens (including phenoxy) is 1. The molecule has 0 saturated carbocycles. The molecule has 0 aliphatic carbocycles. The van der Waals surface area contributed by atoms with E-state index >= 15 is 0 Å². The molecule has 3 rings (SSSR count). The van der Waals surface area contributed by atoms with Gasteiger partial charge in [0.15, 0.2) is 0 Å². The third-order valence-corrected chi connectivity index (χ3v) is 4.70. The van der Waals surface area contributed by atoms with Crippen LogP contribution in [0.15, 0.2) is 18.5 Å². The van der Waals surface area contributed by atoms with Gasteiger partial charge < -0.3 is 9.64 Å². The van der Waals surface area contributed by atoms with Crippen molar-refractivity contribution in [2.24, 2.45) is 0 Å². The van der Waals surface area contributed by atoms with Crippen molar-refractivity contribution in [2.45, 2.75) is 32.8 Å². The Bertz CT molecular complexity index is 651. The van der Waals surface area contributed by atoms with Crippen molar-refractivity contribution in [3.63, 3.8) is 0 Å². The molecule has 0 spiro atoms. The molecule has 116 valence electrons. The highest BCUT2D eigenvalue weighted by atomic mass is 32.1. The number of hydrogen-bond donors (Lipinski definition) is 0. The van der Waals surface area contributed by atoms with Crippen LogP contribution >= 0.6 is 11.3 Å². The molecule has 1 fully saturated rings. The molecular weight excluding hydrogens is 300 g/mol. The van der Waals surface area contributed by atoms with Gasteiger partial charge >= 0.3 is 6.01 Å². The lowest BCUT2D eigenvalue weighted by atomic mass is 10.1. The lowest BCUT2D eigenvalue weighted by Crippen LogP contribution is -2.41. The zero-order valence-electron chi connectivity index (χ0n) is 12.7. The predicted octanol–water partition coefficient (Wildman–Crippen LogP) is 2.23. The van der Waals surface area contributed by atoms with Gasteiger partial charge in [-0.3, -0.25) is 4.79 Å². The monoisotopic (exact) mass is 318 g/mol. The number of rotatable bonds is 3. The average Bonchev–Trinajstić information content (AvgIpc) is 2.87. The summed E-state index contributed by atoms with van der Waals surface area (Å²) < 4.78 is 5.75. The lowest BCUT2D eigenvalue weighted by molar-refractivity contribution is 0.0582. The van der Waals surface area contributed by atoms with Crippen molar-refractivity contribution < 1.29 is 9.53 Å². The van der Waals surface area contributed by atoms with Crippen LogP contribution in [-0.2, 0) is 0 Å². The summed E-state index contributed by atoms with van der Waals surface area (Å²) in [5.41, 5.74) is 0.823. The summed E-state index contributed by atoms with van der Waals surface area (Å²) >= 11 is 1.47. The SMILES string of the molecule is Cc1nc(C)c(C(=O)N2CCC(Oc3ncccn3)CC2)s1. The number of likely N-dealkylation sites (tertiary alicyclic amines) is 1. The molecule has 0 aromatic carbocycles. The second-order valence-corrected chi connectivity index (χ2v) is 6.49. The van der Waals surface area contributed by atoms with Crippen LogP contribution in [0.2, 0.25) is 0 Å². The Morgan fingerprint density at radius 1 is 1.27 bits per heavy atom. The van der Waals surface area contributed by atoms with E-state index in [-0.39, 0.29) is 12.0 Å². The van der Waals surface area contributed by atoms with Gasteiger partial charge in [-0.05, 0) is 19.9 Å². The van der Waals surface area contributed by atoms with Crippen molar-refractivity contribution in [1.29, 1.82) is 0 Å². The van der Waals surface area contributed by atoms with E-state index in [4.69, 9.17) is 4.74 Å². The van der Waals surface area contributed by atoms with Crippen LogP contribution in [0.3, 0.4) is 0 Å². The van der Waals surface area contributed by atoms with Crippen molar-refractivity contribution >= 4 is 17.2 Å². The van der Waals surface area contributed by atoms with Gasteiger partial charge in [0, 0.05) is 38.3 Å². The number of piperidine rings is 1. The third kappa shape index (κ3) is 3.24. The lowest BCUT2D eigenvalue weighted by Gasteiger charge is -2.31. The summed E-state index contributed by atoms with van der Waals surface area (Å²) in [4.78, 5) is 27.6. The topological polar surface area (TPSA) is 68.2 Å². The maximum Gasteiger partial charge on any atom is 0.316 e. The molecule has 2 aromatic heterocycles. The van der Waals surface area contributed by atoms with E-state index in [9.17, 15) is 4.79 Å². The molecule has 0 atom stereocenters. The Balaban J connectivity index is 1.57. The highest BCUT2D eigenvalue weighted by Gasteiger charge is 2.27. The van der Waals surface area contributed by atoms with Crippen LogP contribution < -0.4 is 4.74 Å². The van der Waals surface area contributed by atoms with Crippen LogP contribution in [0, 0.1) is 13.8 Å². The van der Waals surface area contributed by atoms with Gasteiger partial charge in [0.05, 0.1) is 10.7 Å². The minimum Gasteiger partial charge on any atom is -0.460 e. The van der Waals surface area contributed by atoms with Gasteiger partial charge in [-0.2, -0.15) is 0 Å². The fraction of sp³-hybridized carbons (Fsp3) is 0.467. The van der Waals surface area contributed by atoms with Gasteiger partial charge in [-0.1, -0.05) is 0 Å². The summed E-state index contributed by atoms with van der Waals surface area (Å²) in [5.74, 6) is 0.0810. The highest BCUT2D eigenvalue weighted by Crippen LogP contribution is 2.22. The van der Waals surface area contributed by atoms with Gasteiger partial charge in [-0.15, -0.1) is 11.3 Å². The highest BCUT2D eigenvalue weighted by molar-refractivity contribution is 7.13. The molecule has 0 N–H and O–H groups in total. The smallest absolute Gasteiger partial charge is 0.316 e. The van der Waals surface area contributed by atoms with E-state index in [0.29, 0.717) is 19.1 Å². The van der Waals surface area contributed by atoms with E-state index in [1.807, 2.05) is 18.7 Å². The van der Waals surface area contributed by atoms with Crippen LogP contribution in [-0.4, -0.2) is 45.0 Å². The molecule has 1 amide bonds. The number of aromatic nitrogens is 3. The number of aryl methyl sites for hydroxylation is 2. The minimum atomic E-state index is 0.0655. The fourth-order valence-corrected chi connectivity index (χ4v) is 3.43. The average molecular weight is 318 g/mol. The van der Waals surface area contributed by atoms with Crippen molar-refractivity contribution in [2.75, 3.05) is 13.1 Å². The molecule has 2 aromatic rings. The summed E-state index contributed by atoms with van der Waals surface area (Å²) in [7, 11) is 0.